The van der Waals surface area contributed by atoms with Crippen LogP contribution in [0.5, 0.6) is 0 Å². The number of aliphatic hydroxyl groups excluding tert-OH is 1. The standard InChI is InChI=1S/C22H28FNO3/c1-13(2)21-14(3)15(4)22(16-5-7-17(23)8-6-16)24(21)10-9-19-11-18(25)12-20(26)27-19/h5-8,13,18-19,25H,9-12H2,1-4H3/t18-,19-/m0/s1. The third-order valence-electron chi connectivity index (χ3n) is 5.44. The molecule has 3 rings (SSSR count). The summed E-state index contributed by atoms with van der Waals surface area (Å²) in [6.07, 6.45) is 0.310. The van der Waals surface area contributed by atoms with Crippen molar-refractivity contribution < 1.29 is 19.0 Å². The zero-order valence-corrected chi connectivity index (χ0v) is 16.5. The Hall–Kier alpha value is -2.14. The minimum Gasteiger partial charge on any atom is -0.462 e. The van der Waals surface area contributed by atoms with Gasteiger partial charge < -0.3 is 14.4 Å². The molecule has 1 aliphatic heterocycles. The van der Waals surface area contributed by atoms with E-state index in [0.717, 1.165) is 11.3 Å². The Kier molecular flexibility index (Phi) is 5.70. The van der Waals surface area contributed by atoms with Gasteiger partial charge in [-0.3, -0.25) is 4.79 Å². The molecule has 0 radical (unpaired) electrons. The molecule has 0 saturated carbocycles. The van der Waals surface area contributed by atoms with Crippen molar-refractivity contribution in [3.8, 4) is 11.3 Å². The number of carbonyl (C=O) groups excluding carboxylic acids is 1. The van der Waals surface area contributed by atoms with Crippen LogP contribution in [-0.4, -0.2) is 27.9 Å². The average molecular weight is 373 g/mol. The number of hydrogen-bond acceptors (Lipinski definition) is 3. The molecule has 0 spiro atoms. The predicted molar refractivity (Wildman–Crippen MR) is 103 cm³/mol. The lowest BCUT2D eigenvalue weighted by molar-refractivity contribution is -0.160. The first-order valence-corrected chi connectivity index (χ1v) is 9.61. The average Bonchev–Trinajstić information content (AvgIpc) is 2.84. The summed E-state index contributed by atoms with van der Waals surface area (Å²) < 4.78 is 21.1. The molecule has 2 atom stereocenters. The first kappa shape index (κ1) is 19.6. The molecule has 0 bridgehead atoms. The molecular formula is C22H28FNO3. The summed E-state index contributed by atoms with van der Waals surface area (Å²) in [5.74, 6) is -0.253. The Morgan fingerprint density at radius 3 is 2.48 bits per heavy atom. The van der Waals surface area contributed by atoms with Crippen molar-refractivity contribution in [3.05, 3.63) is 46.9 Å². The van der Waals surface area contributed by atoms with E-state index in [2.05, 4.69) is 32.3 Å². The lowest BCUT2D eigenvalue weighted by Crippen LogP contribution is -2.33. The number of aliphatic hydroxyl groups is 1. The van der Waals surface area contributed by atoms with Crippen molar-refractivity contribution in [2.45, 2.75) is 71.6 Å². The molecule has 1 aromatic heterocycles. The molecule has 2 heterocycles. The molecule has 27 heavy (non-hydrogen) atoms. The van der Waals surface area contributed by atoms with Gasteiger partial charge in [0, 0.05) is 25.1 Å². The van der Waals surface area contributed by atoms with Crippen molar-refractivity contribution in [1.29, 1.82) is 0 Å². The Balaban J connectivity index is 1.95. The summed E-state index contributed by atoms with van der Waals surface area (Å²) in [6, 6.07) is 6.58. The smallest absolute Gasteiger partial charge is 0.308 e. The normalized spacial score (nSPS) is 20.2. The van der Waals surface area contributed by atoms with Crippen LogP contribution in [0.4, 0.5) is 4.39 Å². The van der Waals surface area contributed by atoms with E-state index in [9.17, 15) is 14.3 Å². The summed E-state index contributed by atoms with van der Waals surface area (Å²) in [6.45, 7) is 9.23. The summed E-state index contributed by atoms with van der Waals surface area (Å²) in [7, 11) is 0. The van der Waals surface area contributed by atoms with E-state index in [-0.39, 0.29) is 24.3 Å². The number of esters is 1. The van der Waals surface area contributed by atoms with Crippen LogP contribution >= 0.6 is 0 Å². The lowest BCUT2D eigenvalue weighted by Gasteiger charge is -2.27. The molecule has 1 aromatic carbocycles. The summed E-state index contributed by atoms with van der Waals surface area (Å²) in [4.78, 5) is 11.6. The second-order valence-electron chi connectivity index (χ2n) is 7.79. The maximum Gasteiger partial charge on any atom is 0.308 e. The van der Waals surface area contributed by atoms with Gasteiger partial charge in [0.25, 0.3) is 0 Å². The number of aromatic nitrogens is 1. The molecule has 4 nitrogen and oxygen atoms in total. The topological polar surface area (TPSA) is 51.5 Å². The number of benzene rings is 1. The fourth-order valence-corrected chi connectivity index (χ4v) is 4.16. The van der Waals surface area contributed by atoms with Crippen LogP contribution in [0.2, 0.25) is 0 Å². The Morgan fingerprint density at radius 1 is 1.22 bits per heavy atom. The Bertz CT molecular complexity index is 823. The molecular weight excluding hydrogens is 345 g/mol. The Labute approximate surface area is 160 Å². The summed E-state index contributed by atoms with van der Waals surface area (Å²) >= 11 is 0. The molecule has 2 aromatic rings. The molecule has 146 valence electrons. The number of carbonyl (C=O) groups is 1. The van der Waals surface area contributed by atoms with Gasteiger partial charge in [0.1, 0.15) is 11.9 Å². The first-order valence-electron chi connectivity index (χ1n) is 9.61. The number of cyclic esters (lactones) is 1. The third kappa shape index (κ3) is 4.08. The van der Waals surface area contributed by atoms with Crippen LogP contribution in [0, 0.1) is 19.7 Å². The second kappa shape index (κ2) is 7.85. The highest BCUT2D eigenvalue weighted by Gasteiger charge is 2.28. The minimum absolute atomic E-state index is 0.0797. The van der Waals surface area contributed by atoms with Gasteiger partial charge >= 0.3 is 5.97 Å². The van der Waals surface area contributed by atoms with E-state index in [1.807, 2.05) is 12.1 Å². The number of nitrogens with zero attached hydrogens (tertiary/aromatic N) is 1. The summed E-state index contributed by atoms with van der Waals surface area (Å²) in [5.41, 5.74) is 5.73. The Morgan fingerprint density at radius 2 is 1.89 bits per heavy atom. The van der Waals surface area contributed by atoms with E-state index in [0.29, 0.717) is 25.3 Å². The van der Waals surface area contributed by atoms with Crippen LogP contribution in [0.3, 0.4) is 0 Å². The highest BCUT2D eigenvalue weighted by Crippen LogP contribution is 2.35. The van der Waals surface area contributed by atoms with E-state index in [1.165, 1.54) is 29.0 Å². The van der Waals surface area contributed by atoms with Gasteiger partial charge in [-0.1, -0.05) is 13.8 Å². The van der Waals surface area contributed by atoms with Gasteiger partial charge in [0.05, 0.1) is 18.2 Å². The fourth-order valence-electron chi connectivity index (χ4n) is 4.16. The monoisotopic (exact) mass is 373 g/mol. The SMILES string of the molecule is Cc1c(C)c(C(C)C)n(CC[C@H]2C[C@H](O)CC(=O)O2)c1-c1ccc(F)cc1. The van der Waals surface area contributed by atoms with Gasteiger partial charge in [-0.25, -0.2) is 4.39 Å². The minimum atomic E-state index is -0.620. The highest BCUT2D eigenvalue weighted by atomic mass is 19.1. The van der Waals surface area contributed by atoms with Gasteiger partial charge in [0.2, 0.25) is 0 Å². The zero-order valence-electron chi connectivity index (χ0n) is 16.5. The van der Waals surface area contributed by atoms with E-state index >= 15 is 0 Å². The quantitative estimate of drug-likeness (QED) is 0.786. The fraction of sp³-hybridized carbons (Fsp3) is 0.500. The first-order chi connectivity index (χ1) is 12.8. The van der Waals surface area contributed by atoms with Crippen molar-refractivity contribution in [2.24, 2.45) is 0 Å². The van der Waals surface area contributed by atoms with Gasteiger partial charge in [-0.05, 0) is 60.7 Å². The lowest BCUT2D eigenvalue weighted by atomic mass is 10.0. The largest absolute Gasteiger partial charge is 0.462 e. The zero-order chi connectivity index (χ0) is 19.7. The molecule has 0 amide bonds. The van der Waals surface area contributed by atoms with Crippen molar-refractivity contribution in [1.82, 2.24) is 4.57 Å². The molecule has 0 unspecified atom stereocenters. The predicted octanol–water partition coefficient (Wildman–Crippen LogP) is 4.49. The van der Waals surface area contributed by atoms with Gasteiger partial charge in [-0.2, -0.15) is 0 Å². The number of hydrogen-bond donors (Lipinski definition) is 1. The van der Waals surface area contributed by atoms with E-state index in [1.54, 1.807) is 0 Å². The molecule has 1 fully saturated rings. The molecule has 1 N–H and O–H groups in total. The van der Waals surface area contributed by atoms with Crippen LogP contribution in [-0.2, 0) is 16.1 Å². The van der Waals surface area contributed by atoms with Gasteiger partial charge in [-0.15, -0.1) is 0 Å². The van der Waals surface area contributed by atoms with Crippen molar-refractivity contribution >= 4 is 5.97 Å². The third-order valence-corrected chi connectivity index (χ3v) is 5.44. The number of rotatable bonds is 5. The van der Waals surface area contributed by atoms with E-state index < -0.39 is 6.10 Å². The molecule has 5 heteroatoms. The second-order valence-corrected chi connectivity index (χ2v) is 7.79. The molecule has 1 saturated heterocycles. The van der Waals surface area contributed by atoms with Crippen LogP contribution in [0.1, 0.15) is 55.8 Å². The van der Waals surface area contributed by atoms with E-state index in [4.69, 9.17) is 4.74 Å². The maximum atomic E-state index is 13.4. The van der Waals surface area contributed by atoms with Crippen LogP contribution < -0.4 is 0 Å². The maximum absolute atomic E-state index is 13.4. The summed E-state index contributed by atoms with van der Waals surface area (Å²) in [5, 5.41) is 9.85. The van der Waals surface area contributed by atoms with Crippen LogP contribution in [0.15, 0.2) is 24.3 Å². The molecule has 1 aliphatic rings. The van der Waals surface area contributed by atoms with Crippen molar-refractivity contribution in [3.63, 3.8) is 0 Å². The number of halogens is 1. The van der Waals surface area contributed by atoms with Gasteiger partial charge in [0.15, 0.2) is 0 Å². The number of ether oxygens (including phenoxy) is 1. The molecule has 0 aliphatic carbocycles. The highest BCUT2D eigenvalue weighted by molar-refractivity contribution is 5.71. The van der Waals surface area contributed by atoms with Crippen LogP contribution in [0.25, 0.3) is 11.3 Å². The van der Waals surface area contributed by atoms with Crippen molar-refractivity contribution in [2.75, 3.05) is 0 Å².